The predicted octanol–water partition coefficient (Wildman–Crippen LogP) is 4.41. The molecule has 0 fully saturated rings. The molecule has 3 aromatic carbocycles. The van der Waals surface area contributed by atoms with Crippen LogP contribution >= 0.6 is 0 Å². The number of methoxy groups -OCH3 is 1. The number of carbonyl (C=O) groups is 4. The Morgan fingerprint density at radius 2 is 1.50 bits per heavy atom. The van der Waals surface area contributed by atoms with Crippen LogP contribution in [0.3, 0.4) is 0 Å². The molecule has 3 aromatic rings. The van der Waals surface area contributed by atoms with Crippen LogP contribution in [0.25, 0.3) is 6.08 Å². The van der Waals surface area contributed by atoms with E-state index in [9.17, 15) is 39.4 Å². The Balaban J connectivity index is 1.84. The smallest absolute Gasteiger partial charge is 0.342 e. The third-order valence-electron chi connectivity index (χ3n) is 6.15. The molecule has 1 N–H and O–H groups in total. The summed E-state index contributed by atoms with van der Waals surface area (Å²) in [6.45, 7) is 2.54. The van der Waals surface area contributed by atoms with Crippen molar-refractivity contribution < 1.29 is 43.2 Å². The van der Waals surface area contributed by atoms with Crippen molar-refractivity contribution in [3.05, 3.63) is 110 Å². The number of nitro benzene ring substituents is 2. The molecular weight excluding hydrogens is 578 g/mol. The van der Waals surface area contributed by atoms with Gasteiger partial charge in [0.15, 0.2) is 11.7 Å². The quantitative estimate of drug-likeness (QED) is 0.0724. The van der Waals surface area contributed by atoms with Crippen LogP contribution in [0.15, 0.2) is 78.4 Å². The number of Topliss-reactive ketones (excluding diaryl/α,β-unsaturated/α-hetero) is 1. The van der Waals surface area contributed by atoms with Crippen LogP contribution in [-0.4, -0.2) is 46.7 Å². The summed E-state index contributed by atoms with van der Waals surface area (Å²) in [6, 6.07) is 18.3. The minimum atomic E-state index is -1.82. The molecule has 0 saturated carbocycles. The van der Waals surface area contributed by atoms with Crippen LogP contribution in [-0.2, 0) is 35.3 Å². The van der Waals surface area contributed by atoms with Gasteiger partial charge in [0.1, 0.15) is 24.0 Å². The molecule has 0 aliphatic rings. The largest absolute Gasteiger partial charge is 0.488 e. The first-order chi connectivity index (χ1) is 20.9. The number of ketones is 1. The first kappa shape index (κ1) is 32.6. The summed E-state index contributed by atoms with van der Waals surface area (Å²) in [7, 11) is 0.975. The van der Waals surface area contributed by atoms with Gasteiger partial charge in [-0.15, -0.1) is 0 Å². The van der Waals surface area contributed by atoms with E-state index in [1.165, 1.54) is 13.0 Å². The Morgan fingerprint density at radius 3 is 2.07 bits per heavy atom. The van der Waals surface area contributed by atoms with E-state index >= 15 is 0 Å². The van der Waals surface area contributed by atoms with Crippen LogP contribution in [0.4, 0.5) is 17.1 Å². The molecule has 2 unspecified atom stereocenters. The third kappa shape index (κ3) is 8.55. The minimum Gasteiger partial charge on any atom is -0.488 e. The van der Waals surface area contributed by atoms with Crippen molar-refractivity contribution in [2.24, 2.45) is 5.92 Å². The molecule has 3 rings (SSSR count). The molecular formula is C30H27N3O11. The molecule has 0 aliphatic carbocycles. The molecule has 0 spiro atoms. The number of anilines is 1. The van der Waals surface area contributed by atoms with Gasteiger partial charge in [-0.25, -0.2) is 4.79 Å². The fourth-order valence-electron chi connectivity index (χ4n) is 3.96. The second-order valence-electron chi connectivity index (χ2n) is 9.28. The topological polar surface area (TPSA) is 194 Å². The zero-order chi connectivity index (χ0) is 32.4. The summed E-state index contributed by atoms with van der Waals surface area (Å²) in [4.78, 5) is 71.9. The SMILES string of the molecule is COC(=O)C(C(=O)Nc1cc([N+](=O)[O-])cc([N+](=O)[O-])c1)C(C)OC(=O)C(=Cc1ccccc1OCc1ccccc1)C(C)=O. The number of non-ortho nitro benzene ring substituents is 2. The Bertz CT molecular complexity index is 1590. The Labute approximate surface area is 250 Å². The van der Waals surface area contributed by atoms with Gasteiger partial charge in [-0.3, -0.25) is 34.6 Å². The molecule has 14 nitrogen and oxygen atoms in total. The van der Waals surface area contributed by atoms with Gasteiger partial charge in [-0.2, -0.15) is 0 Å². The van der Waals surface area contributed by atoms with E-state index in [1.807, 2.05) is 30.3 Å². The summed E-state index contributed by atoms with van der Waals surface area (Å²) in [6.07, 6.45) is -0.261. The summed E-state index contributed by atoms with van der Waals surface area (Å²) in [5, 5.41) is 24.6. The molecule has 0 radical (unpaired) electrons. The molecule has 0 aliphatic heterocycles. The standard InChI is InChI=1S/C30H27N3O11/c1-18(34)25(13-21-11-7-8-12-26(21)43-17-20-9-5-4-6-10-20)29(36)44-19(2)27(30(37)42-3)28(35)31-22-14-23(32(38)39)16-24(15-22)33(40)41/h4-16,19,27H,17H2,1-3H3,(H,31,35). The first-order valence-corrected chi connectivity index (χ1v) is 12.9. The lowest BCUT2D eigenvalue weighted by Gasteiger charge is -2.22. The normalized spacial score (nSPS) is 12.3. The molecule has 44 heavy (non-hydrogen) atoms. The molecule has 1 amide bonds. The maximum atomic E-state index is 13.1. The van der Waals surface area contributed by atoms with Gasteiger partial charge in [0.05, 0.1) is 28.7 Å². The number of para-hydroxylation sites is 1. The van der Waals surface area contributed by atoms with E-state index in [4.69, 9.17) is 9.47 Å². The van der Waals surface area contributed by atoms with Gasteiger partial charge in [0.2, 0.25) is 5.91 Å². The van der Waals surface area contributed by atoms with Crippen LogP contribution in [0, 0.1) is 26.1 Å². The lowest BCUT2D eigenvalue weighted by Crippen LogP contribution is -2.40. The van der Waals surface area contributed by atoms with Gasteiger partial charge in [0.25, 0.3) is 11.4 Å². The van der Waals surface area contributed by atoms with Crippen molar-refractivity contribution in [1.29, 1.82) is 0 Å². The highest BCUT2D eigenvalue weighted by Crippen LogP contribution is 2.27. The first-order valence-electron chi connectivity index (χ1n) is 12.9. The number of nitrogens with zero attached hydrogens (tertiary/aromatic N) is 2. The van der Waals surface area contributed by atoms with E-state index < -0.39 is 62.4 Å². The fourth-order valence-corrected chi connectivity index (χ4v) is 3.96. The molecule has 0 aromatic heterocycles. The Morgan fingerprint density at radius 1 is 0.909 bits per heavy atom. The Hall–Kier alpha value is -5.92. The average Bonchev–Trinajstić information content (AvgIpc) is 2.99. The summed E-state index contributed by atoms with van der Waals surface area (Å²) < 4.78 is 15.9. The molecule has 2 atom stereocenters. The number of esters is 2. The summed E-state index contributed by atoms with van der Waals surface area (Å²) in [5.41, 5.74) is -0.877. The lowest BCUT2D eigenvalue weighted by atomic mass is 10.0. The molecule has 14 heteroatoms. The maximum absolute atomic E-state index is 13.1. The average molecular weight is 606 g/mol. The van der Waals surface area contributed by atoms with Crippen LogP contribution in [0.1, 0.15) is 25.0 Å². The number of nitro groups is 2. The van der Waals surface area contributed by atoms with E-state index in [0.29, 0.717) is 17.4 Å². The number of amides is 1. The number of nitrogens with one attached hydrogen (secondary N) is 1. The zero-order valence-corrected chi connectivity index (χ0v) is 23.8. The number of hydrogen-bond donors (Lipinski definition) is 1. The van der Waals surface area contributed by atoms with Gasteiger partial charge < -0.3 is 19.5 Å². The summed E-state index contributed by atoms with van der Waals surface area (Å²) >= 11 is 0. The van der Waals surface area contributed by atoms with E-state index in [2.05, 4.69) is 10.1 Å². The van der Waals surface area contributed by atoms with Crippen LogP contribution < -0.4 is 10.1 Å². The van der Waals surface area contributed by atoms with E-state index in [-0.39, 0.29) is 12.3 Å². The number of benzene rings is 3. The predicted molar refractivity (Wildman–Crippen MR) is 155 cm³/mol. The second-order valence-corrected chi connectivity index (χ2v) is 9.28. The number of hydrogen-bond acceptors (Lipinski definition) is 11. The fraction of sp³-hybridized carbons (Fsp3) is 0.200. The highest BCUT2D eigenvalue weighted by molar-refractivity contribution is 6.20. The second kappa shape index (κ2) is 14.8. The van der Waals surface area contributed by atoms with Crippen molar-refractivity contribution in [3.63, 3.8) is 0 Å². The van der Waals surface area contributed by atoms with Crippen molar-refractivity contribution in [2.75, 3.05) is 12.4 Å². The van der Waals surface area contributed by atoms with Gasteiger partial charge in [-0.05, 0) is 31.6 Å². The van der Waals surface area contributed by atoms with E-state index in [0.717, 1.165) is 31.7 Å². The molecule has 0 saturated heterocycles. The van der Waals surface area contributed by atoms with Crippen molar-refractivity contribution in [1.82, 2.24) is 0 Å². The molecule has 228 valence electrons. The Kier molecular flexibility index (Phi) is 11.0. The maximum Gasteiger partial charge on any atom is 0.342 e. The number of rotatable bonds is 13. The van der Waals surface area contributed by atoms with Crippen molar-refractivity contribution in [3.8, 4) is 5.75 Å². The monoisotopic (exact) mass is 605 g/mol. The third-order valence-corrected chi connectivity index (χ3v) is 6.15. The lowest BCUT2D eigenvalue weighted by molar-refractivity contribution is -0.394. The highest BCUT2D eigenvalue weighted by atomic mass is 16.6. The molecule has 0 bridgehead atoms. The molecule has 0 heterocycles. The van der Waals surface area contributed by atoms with Gasteiger partial charge in [0, 0.05) is 17.7 Å². The van der Waals surface area contributed by atoms with E-state index in [1.54, 1.807) is 24.3 Å². The summed E-state index contributed by atoms with van der Waals surface area (Å²) in [5.74, 6) is -5.57. The van der Waals surface area contributed by atoms with Crippen molar-refractivity contribution in [2.45, 2.75) is 26.6 Å². The zero-order valence-electron chi connectivity index (χ0n) is 23.8. The van der Waals surface area contributed by atoms with Crippen LogP contribution in [0.5, 0.6) is 5.75 Å². The number of ether oxygens (including phenoxy) is 3. The highest BCUT2D eigenvalue weighted by Gasteiger charge is 2.37. The van der Waals surface area contributed by atoms with Crippen molar-refractivity contribution >= 4 is 46.8 Å². The minimum absolute atomic E-state index is 0.215. The van der Waals surface area contributed by atoms with Crippen LogP contribution in [0.2, 0.25) is 0 Å². The van der Waals surface area contributed by atoms with Gasteiger partial charge in [-0.1, -0.05) is 48.5 Å². The van der Waals surface area contributed by atoms with Gasteiger partial charge >= 0.3 is 11.9 Å². The number of carbonyl (C=O) groups excluding carboxylic acids is 4.